The van der Waals surface area contributed by atoms with Crippen molar-refractivity contribution in [1.82, 2.24) is 15.2 Å². The van der Waals surface area contributed by atoms with Crippen LogP contribution >= 0.6 is 0 Å². The molecule has 0 radical (unpaired) electrons. The molecule has 1 saturated heterocycles. The summed E-state index contributed by atoms with van der Waals surface area (Å²) in [6.07, 6.45) is 1.84. The molecule has 7 nitrogen and oxygen atoms in total. The lowest BCUT2D eigenvalue weighted by molar-refractivity contribution is -0.131. The van der Waals surface area contributed by atoms with Gasteiger partial charge in [-0.3, -0.25) is 9.59 Å². The number of amides is 2. The number of halogens is 1. The summed E-state index contributed by atoms with van der Waals surface area (Å²) in [6.45, 7) is 2.48. The van der Waals surface area contributed by atoms with Crippen molar-refractivity contribution in [1.29, 1.82) is 5.26 Å². The summed E-state index contributed by atoms with van der Waals surface area (Å²) < 4.78 is 12.9. The molecule has 0 spiro atoms. The van der Waals surface area contributed by atoms with E-state index in [0.29, 0.717) is 43.1 Å². The molecular formula is C20H20FN5O2. The van der Waals surface area contributed by atoms with E-state index in [1.54, 1.807) is 23.2 Å². The Labute approximate surface area is 162 Å². The van der Waals surface area contributed by atoms with Gasteiger partial charge in [0.05, 0.1) is 5.56 Å². The van der Waals surface area contributed by atoms with E-state index in [4.69, 9.17) is 0 Å². The van der Waals surface area contributed by atoms with Gasteiger partial charge in [0, 0.05) is 50.9 Å². The summed E-state index contributed by atoms with van der Waals surface area (Å²) in [6, 6.07) is 10.8. The first kappa shape index (κ1) is 19.3. The van der Waals surface area contributed by atoms with Crippen LogP contribution in [0.5, 0.6) is 0 Å². The Balaban J connectivity index is 1.44. The molecule has 2 amide bonds. The first-order valence-electron chi connectivity index (χ1n) is 9.00. The molecule has 1 aromatic carbocycles. The lowest BCUT2D eigenvalue weighted by Gasteiger charge is -2.35. The van der Waals surface area contributed by atoms with Gasteiger partial charge in [0.25, 0.3) is 5.91 Å². The van der Waals surface area contributed by atoms with Crippen molar-refractivity contribution in [3.8, 4) is 6.07 Å². The number of carbonyl (C=O) groups is 2. The zero-order valence-electron chi connectivity index (χ0n) is 15.3. The summed E-state index contributed by atoms with van der Waals surface area (Å²) in [4.78, 5) is 32.4. The van der Waals surface area contributed by atoms with Gasteiger partial charge in [0.15, 0.2) is 0 Å². The van der Waals surface area contributed by atoms with Crippen molar-refractivity contribution in [3.63, 3.8) is 0 Å². The van der Waals surface area contributed by atoms with E-state index in [9.17, 15) is 19.2 Å². The van der Waals surface area contributed by atoms with E-state index in [1.807, 2.05) is 4.90 Å². The predicted octanol–water partition coefficient (Wildman–Crippen LogP) is 1.56. The van der Waals surface area contributed by atoms with Gasteiger partial charge in [0.1, 0.15) is 17.7 Å². The molecule has 2 aromatic rings. The van der Waals surface area contributed by atoms with E-state index in [-0.39, 0.29) is 24.8 Å². The number of benzene rings is 1. The highest BCUT2D eigenvalue weighted by Crippen LogP contribution is 2.18. The molecule has 0 aliphatic carbocycles. The van der Waals surface area contributed by atoms with Crippen LogP contribution in [0.15, 0.2) is 42.6 Å². The van der Waals surface area contributed by atoms with Crippen LogP contribution in [0.1, 0.15) is 22.3 Å². The Kier molecular flexibility index (Phi) is 6.17. The predicted molar refractivity (Wildman–Crippen MR) is 101 cm³/mol. The van der Waals surface area contributed by atoms with Crippen molar-refractivity contribution in [2.45, 2.75) is 6.42 Å². The number of carbonyl (C=O) groups excluding carboxylic acids is 2. The van der Waals surface area contributed by atoms with Crippen molar-refractivity contribution >= 4 is 17.6 Å². The number of nitrogens with zero attached hydrogens (tertiary/aromatic N) is 4. The maximum absolute atomic E-state index is 12.9. The molecule has 2 heterocycles. The molecule has 1 aliphatic rings. The number of nitriles is 1. The Hall–Kier alpha value is -3.47. The topological polar surface area (TPSA) is 89.3 Å². The normalized spacial score (nSPS) is 13.7. The first-order chi connectivity index (χ1) is 13.6. The number of pyridine rings is 1. The van der Waals surface area contributed by atoms with Gasteiger partial charge >= 0.3 is 0 Å². The Morgan fingerprint density at radius 2 is 1.86 bits per heavy atom. The van der Waals surface area contributed by atoms with E-state index in [0.717, 1.165) is 0 Å². The van der Waals surface area contributed by atoms with E-state index < -0.39 is 5.82 Å². The highest BCUT2D eigenvalue weighted by atomic mass is 19.1. The molecular weight excluding hydrogens is 361 g/mol. The van der Waals surface area contributed by atoms with Gasteiger partial charge in [-0.25, -0.2) is 9.37 Å². The molecule has 3 rings (SSSR count). The Morgan fingerprint density at radius 1 is 1.14 bits per heavy atom. The highest BCUT2D eigenvalue weighted by molar-refractivity contribution is 5.94. The smallest absolute Gasteiger partial charge is 0.251 e. The minimum atomic E-state index is -0.404. The van der Waals surface area contributed by atoms with Crippen LogP contribution in [-0.2, 0) is 4.79 Å². The first-order valence-corrected chi connectivity index (χ1v) is 9.00. The average molecular weight is 381 g/mol. The molecule has 28 heavy (non-hydrogen) atoms. The van der Waals surface area contributed by atoms with E-state index in [2.05, 4.69) is 16.4 Å². The van der Waals surface area contributed by atoms with Gasteiger partial charge in [-0.15, -0.1) is 0 Å². The highest BCUT2D eigenvalue weighted by Gasteiger charge is 2.23. The van der Waals surface area contributed by atoms with Gasteiger partial charge in [0.2, 0.25) is 5.91 Å². The molecule has 1 aliphatic heterocycles. The molecule has 1 N–H and O–H groups in total. The largest absolute Gasteiger partial charge is 0.352 e. The zero-order chi connectivity index (χ0) is 19.9. The molecule has 0 atom stereocenters. The fourth-order valence-corrected chi connectivity index (χ4v) is 3.05. The number of nitrogens with one attached hydrogen (secondary N) is 1. The SMILES string of the molecule is N#Cc1cccnc1N1CCN(C(=O)CCNC(=O)c2ccc(F)cc2)CC1. The second kappa shape index (κ2) is 8.95. The number of piperazine rings is 1. The van der Waals surface area contributed by atoms with Gasteiger partial charge < -0.3 is 15.1 Å². The monoisotopic (exact) mass is 381 g/mol. The molecule has 0 saturated carbocycles. The van der Waals surface area contributed by atoms with Crippen LogP contribution in [0.25, 0.3) is 0 Å². The molecule has 0 unspecified atom stereocenters. The maximum Gasteiger partial charge on any atom is 0.251 e. The fraction of sp³-hybridized carbons (Fsp3) is 0.300. The second-order valence-corrected chi connectivity index (χ2v) is 6.37. The van der Waals surface area contributed by atoms with Crippen LogP contribution in [-0.4, -0.2) is 54.4 Å². The molecule has 8 heteroatoms. The Bertz CT molecular complexity index is 886. The number of rotatable bonds is 5. The summed E-state index contributed by atoms with van der Waals surface area (Å²) >= 11 is 0. The van der Waals surface area contributed by atoms with Crippen LogP contribution in [0.2, 0.25) is 0 Å². The van der Waals surface area contributed by atoms with Gasteiger partial charge in [-0.05, 0) is 36.4 Å². The second-order valence-electron chi connectivity index (χ2n) is 6.37. The molecule has 0 bridgehead atoms. The summed E-state index contributed by atoms with van der Waals surface area (Å²) in [5, 5.41) is 11.9. The lowest BCUT2D eigenvalue weighted by atomic mass is 10.2. The third kappa shape index (κ3) is 4.62. The summed E-state index contributed by atoms with van der Waals surface area (Å²) in [5.41, 5.74) is 0.872. The number of hydrogen-bond donors (Lipinski definition) is 1. The van der Waals surface area contributed by atoms with Crippen LogP contribution in [0, 0.1) is 17.1 Å². The van der Waals surface area contributed by atoms with Crippen LogP contribution < -0.4 is 10.2 Å². The number of hydrogen-bond acceptors (Lipinski definition) is 5. The minimum Gasteiger partial charge on any atom is -0.352 e. The molecule has 144 valence electrons. The summed E-state index contributed by atoms with van der Waals surface area (Å²) in [7, 11) is 0. The lowest BCUT2D eigenvalue weighted by Crippen LogP contribution is -2.49. The summed E-state index contributed by atoms with van der Waals surface area (Å²) in [5.74, 6) is -0.139. The van der Waals surface area contributed by atoms with Crippen LogP contribution in [0.4, 0.5) is 10.2 Å². The zero-order valence-corrected chi connectivity index (χ0v) is 15.3. The standard InChI is InChI=1S/C20H20FN5O2/c21-17-5-3-15(4-6-17)20(28)24-9-7-18(27)25-10-12-26(13-11-25)19-16(14-22)2-1-8-23-19/h1-6,8H,7,9-13H2,(H,24,28). The number of anilines is 1. The van der Waals surface area contributed by atoms with Gasteiger partial charge in [-0.2, -0.15) is 5.26 Å². The van der Waals surface area contributed by atoms with E-state index >= 15 is 0 Å². The van der Waals surface area contributed by atoms with Crippen molar-refractivity contribution in [2.75, 3.05) is 37.6 Å². The van der Waals surface area contributed by atoms with E-state index in [1.165, 1.54) is 24.3 Å². The fourth-order valence-electron chi connectivity index (χ4n) is 3.05. The third-order valence-electron chi connectivity index (χ3n) is 4.57. The molecule has 1 aromatic heterocycles. The van der Waals surface area contributed by atoms with Crippen molar-refractivity contribution < 1.29 is 14.0 Å². The Morgan fingerprint density at radius 3 is 2.54 bits per heavy atom. The minimum absolute atomic E-state index is 0.0411. The van der Waals surface area contributed by atoms with Crippen LogP contribution in [0.3, 0.4) is 0 Å². The van der Waals surface area contributed by atoms with Crippen molar-refractivity contribution in [3.05, 3.63) is 59.5 Å². The van der Waals surface area contributed by atoms with Crippen molar-refractivity contribution in [2.24, 2.45) is 0 Å². The molecule has 1 fully saturated rings. The average Bonchev–Trinajstić information content (AvgIpc) is 2.74. The van der Waals surface area contributed by atoms with Gasteiger partial charge in [-0.1, -0.05) is 0 Å². The quantitative estimate of drug-likeness (QED) is 0.849. The maximum atomic E-state index is 12.9. The third-order valence-corrected chi connectivity index (χ3v) is 4.57. The number of aromatic nitrogens is 1.